The number of hydrogen-bond acceptors (Lipinski definition) is 0. The van der Waals surface area contributed by atoms with Crippen molar-refractivity contribution >= 4 is 22.3 Å². The third-order valence-corrected chi connectivity index (χ3v) is 4.18. The minimum absolute atomic E-state index is 0.518. The van der Waals surface area contributed by atoms with Crippen LogP contribution in [0.25, 0.3) is 26.3 Å². The fourth-order valence-corrected chi connectivity index (χ4v) is 3.45. The summed E-state index contributed by atoms with van der Waals surface area (Å²) in [4.78, 5) is 7.12. The maximum absolute atomic E-state index is 7.47. The maximum Gasteiger partial charge on any atom is 0.207 e. The van der Waals surface area contributed by atoms with Crippen molar-refractivity contribution in [2.24, 2.45) is 0 Å². The zero-order chi connectivity index (χ0) is 15.4. The van der Waals surface area contributed by atoms with Gasteiger partial charge in [-0.3, -0.25) is 0 Å². The van der Waals surface area contributed by atoms with Crippen molar-refractivity contribution in [2.75, 3.05) is 0 Å². The van der Waals surface area contributed by atoms with E-state index in [1.807, 2.05) is 12.3 Å². The number of hydrogen-bond donors (Lipinski definition) is 0. The minimum Gasteiger partial charge on any atom is -0.239 e. The quantitative estimate of drug-likeness (QED) is 0.343. The average Bonchev–Trinajstić information content (AvgIpc) is 3.00. The van der Waals surface area contributed by atoms with Crippen LogP contribution in [0.5, 0.6) is 0 Å². The number of aryl methyl sites for hydroxylation is 2. The van der Waals surface area contributed by atoms with Crippen molar-refractivity contribution in [3.63, 3.8) is 0 Å². The van der Waals surface area contributed by atoms with Gasteiger partial charge in [0, 0.05) is 10.9 Å². The predicted octanol–water partition coefficient (Wildman–Crippen LogP) is 4.00. The Morgan fingerprint density at radius 3 is 2.64 bits per heavy atom. The molecule has 0 saturated heterocycles. The van der Waals surface area contributed by atoms with E-state index >= 15 is 0 Å². The molecule has 0 saturated carbocycles. The molecule has 2 aromatic carbocycles. The third-order valence-electron chi connectivity index (χ3n) is 4.18. The molecule has 0 spiro atoms. The third kappa shape index (κ3) is 1.52. The lowest BCUT2D eigenvalue weighted by atomic mass is 10.0. The Hall–Kier alpha value is -3.11. The zero-order valence-electron chi connectivity index (χ0n) is 12.4. The van der Waals surface area contributed by atoms with Crippen LogP contribution in [0.2, 0.25) is 0 Å². The lowest BCUT2D eigenvalue weighted by molar-refractivity contribution is -0.749. The zero-order valence-corrected chi connectivity index (χ0v) is 12.4. The minimum atomic E-state index is 0.518. The van der Waals surface area contributed by atoms with E-state index in [9.17, 15) is 0 Å². The topological polar surface area (TPSA) is 17.5 Å². The van der Waals surface area contributed by atoms with Crippen LogP contribution >= 0.6 is 0 Å². The molecule has 0 amide bonds. The second-order valence-corrected chi connectivity index (χ2v) is 5.75. The number of aromatic nitrogens is 2. The summed E-state index contributed by atoms with van der Waals surface area (Å²) in [5.74, 6) is 0. The SMILES string of the molecule is [C-]#[N+]c1cc([N+]#[C-])c2c(c1)c[n+]1n2-c2c(C)cc(C)cc2C1. The Morgan fingerprint density at radius 2 is 1.91 bits per heavy atom. The first-order valence-electron chi connectivity index (χ1n) is 7.07. The lowest BCUT2D eigenvalue weighted by Crippen LogP contribution is -2.36. The van der Waals surface area contributed by atoms with Crippen molar-refractivity contribution < 1.29 is 4.68 Å². The van der Waals surface area contributed by atoms with Gasteiger partial charge in [0.1, 0.15) is 11.2 Å². The van der Waals surface area contributed by atoms with E-state index in [0.29, 0.717) is 11.4 Å². The van der Waals surface area contributed by atoms with Crippen LogP contribution in [-0.2, 0) is 6.54 Å². The Balaban J connectivity index is 2.14. The van der Waals surface area contributed by atoms with Crippen LogP contribution in [0.4, 0.5) is 11.4 Å². The predicted molar refractivity (Wildman–Crippen MR) is 84.6 cm³/mol. The Kier molecular flexibility index (Phi) is 2.40. The van der Waals surface area contributed by atoms with Crippen molar-refractivity contribution in [1.82, 2.24) is 4.68 Å². The highest BCUT2D eigenvalue weighted by Gasteiger charge is 2.31. The molecule has 1 aliphatic rings. The molecule has 2 heterocycles. The van der Waals surface area contributed by atoms with Crippen molar-refractivity contribution in [2.45, 2.75) is 20.4 Å². The molecule has 4 nitrogen and oxygen atoms in total. The Bertz CT molecular complexity index is 1040. The van der Waals surface area contributed by atoms with E-state index in [2.05, 4.69) is 45.0 Å². The summed E-state index contributed by atoms with van der Waals surface area (Å²) in [6, 6.07) is 7.92. The standard InChI is InChI=1S/C18H13N4/c1-11-5-12(2)17-13(6-11)9-21-10-14-7-15(19-3)8-16(20-4)18(14)22(17)21/h5-8,10H,9H2,1-2H3/q+1. The van der Waals surface area contributed by atoms with Gasteiger partial charge in [-0.2, -0.15) is 0 Å². The molecule has 0 aliphatic carbocycles. The molecule has 104 valence electrons. The molecule has 0 radical (unpaired) electrons. The molecule has 0 fully saturated rings. The molecule has 0 atom stereocenters. The van der Waals surface area contributed by atoms with Gasteiger partial charge in [0.2, 0.25) is 11.9 Å². The van der Waals surface area contributed by atoms with Gasteiger partial charge in [0.15, 0.2) is 12.2 Å². The molecular formula is C18H13N4+. The second-order valence-electron chi connectivity index (χ2n) is 5.75. The maximum atomic E-state index is 7.47. The van der Waals surface area contributed by atoms with Crippen LogP contribution in [-0.4, -0.2) is 4.68 Å². The van der Waals surface area contributed by atoms with Crippen molar-refractivity contribution in [1.29, 1.82) is 0 Å². The summed E-state index contributed by atoms with van der Waals surface area (Å²) >= 11 is 0. The number of rotatable bonds is 0. The highest BCUT2D eigenvalue weighted by molar-refractivity contribution is 5.95. The normalized spacial score (nSPS) is 11.8. The highest BCUT2D eigenvalue weighted by atomic mass is 15.4. The summed E-state index contributed by atoms with van der Waals surface area (Å²) < 4.78 is 4.25. The summed E-state index contributed by atoms with van der Waals surface area (Å²) in [5.41, 5.74) is 6.87. The largest absolute Gasteiger partial charge is 0.239 e. The van der Waals surface area contributed by atoms with Crippen LogP contribution in [0.15, 0.2) is 30.5 Å². The van der Waals surface area contributed by atoms with Crippen LogP contribution in [0.3, 0.4) is 0 Å². The summed E-state index contributed by atoms with van der Waals surface area (Å²) in [5, 5.41) is 0.949. The number of fused-ring (bicyclic) bond motifs is 5. The molecule has 4 rings (SSSR count). The highest BCUT2D eigenvalue weighted by Crippen LogP contribution is 2.36. The average molecular weight is 285 g/mol. The van der Waals surface area contributed by atoms with E-state index in [1.54, 1.807) is 6.07 Å². The summed E-state index contributed by atoms with van der Waals surface area (Å²) in [6.07, 6.45) is 2.04. The molecule has 1 aliphatic heterocycles. The van der Waals surface area contributed by atoms with Gasteiger partial charge in [-0.1, -0.05) is 11.6 Å². The van der Waals surface area contributed by atoms with Crippen LogP contribution in [0.1, 0.15) is 16.7 Å². The van der Waals surface area contributed by atoms with E-state index in [1.165, 1.54) is 22.4 Å². The van der Waals surface area contributed by atoms with Gasteiger partial charge in [-0.15, -0.1) is 9.36 Å². The first-order valence-corrected chi connectivity index (χ1v) is 7.07. The molecule has 3 aromatic rings. The van der Waals surface area contributed by atoms with E-state index in [0.717, 1.165) is 17.4 Å². The van der Waals surface area contributed by atoms with E-state index in [-0.39, 0.29) is 0 Å². The van der Waals surface area contributed by atoms with Crippen molar-refractivity contribution in [3.05, 3.63) is 70.0 Å². The molecule has 0 bridgehead atoms. The van der Waals surface area contributed by atoms with Crippen LogP contribution < -0.4 is 4.68 Å². The van der Waals surface area contributed by atoms with Gasteiger partial charge in [0.05, 0.1) is 13.1 Å². The van der Waals surface area contributed by atoms with Gasteiger partial charge < -0.3 is 0 Å². The van der Waals surface area contributed by atoms with Gasteiger partial charge in [-0.25, -0.2) is 9.69 Å². The van der Waals surface area contributed by atoms with Gasteiger partial charge in [-0.05, 0) is 37.6 Å². The van der Waals surface area contributed by atoms with Crippen molar-refractivity contribution in [3.8, 4) is 5.69 Å². The molecule has 4 heteroatoms. The van der Waals surface area contributed by atoms with Gasteiger partial charge in [0.25, 0.3) is 0 Å². The van der Waals surface area contributed by atoms with E-state index in [4.69, 9.17) is 13.1 Å². The summed E-state index contributed by atoms with van der Waals surface area (Å²) in [6.45, 7) is 19.7. The summed E-state index contributed by atoms with van der Waals surface area (Å²) in [7, 11) is 0. The Labute approximate surface area is 128 Å². The molecule has 0 N–H and O–H groups in total. The fraction of sp³-hybridized carbons (Fsp3) is 0.167. The lowest BCUT2D eigenvalue weighted by Gasteiger charge is -2.05. The number of benzene rings is 2. The second kappa shape index (κ2) is 4.19. The Morgan fingerprint density at radius 1 is 1.09 bits per heavy atom. The van der Waals surface area contributed by atoms with Crippen LogP contribution in [0, 0.1) is 27.0 Å². The number of nitrogens with zero attached hydrogens (tertiary/aromatic N) is 4. The molecule has 22 heavy (non-hydrogen) atoms. The fourth-order valence-electron chi connectivity index (χ4n) is 3.45. The monoisotopic (exact) mass is 285 g/mol. The first-order chi connectivity index (χ1) is 10.6. The first kappa shape index (κ1) is 12.6. The molecule has 0 unspecified atom stereocenters. The van der Waals surface area contributed by atoms with E-state index < -0.39 is 0 Å². The van der Waals surface area contributed by atoms with Gasteiger partial charge >= 0.3 is 0 Å². The molecule has 1 aromatic heterocycles. The smallest absolute Gasteiger partial charge is 0.207 e. The molecular weight excluding hydrogens is 272 g/mol.